The van der Waals surface area contributed by atoms with Crippen molar-refractivity contribution in [3.8, 4) is 0 Å². The van der Waals surface area contributed by atoms with E-state index in [2.05, 4.69) is 135 Å². The number of benzene rings is 3. The molecule has 0 saturated carbocycles. The van der Waals surface area contributed by atoms with E-state index in [9.17, 15) is 0 Å². The molecule has 0 aliphatic heterocycles. The molecule has 0 spiro atoms. The molecular weight excluding hydrogens is 876 g/mol. The Morgan fingerprint density at radius 3 is 0.556 bits per heavy atom. The van der Waals surface area contributed by atoms with Gasteiger partial charge in [0.15, 0.2) is 0 Å². The van der Waals surface area contributed by atoms with E-state index in [-0.39, 0.29) is 146 Å². The minimum absolute atomic E-state index is 0. The van der Waals surface area contributed by atoms with Gasteiger partial charge in [0.05, 0.1) is 0 Å². The van der Waals surface area contributed by atoms with Crippen molar-refractivity contribution in [3.63, 3.8) is 0 Å². The number of hydrogen-bond donors (Lipinski definition) is 0. The van der Waals surface area contributed by atoms with Crippen molar-refractivity contribution in [3.05, 3.63) is 151 Å². The Hall–Kier alpha value is 1.17. The molecule has 0 aromatic heterocycles. The van der Waals surface area contributed by atoms with Gasteiger partial charge in [0.1, 0.15) is 0 Å². The first-order valence-electron chi connectivity index (χ1n) is 18.5. The van der Waals surface area contributed by atoms with Crippen LogP contribution in [0.5, 0.6) is 0 Å². The SMILES string of the molecule is CC.CC.CC.CC.CCC.CCC.CCCC.[B].[B].[B].[CH2-]CCc1ccccc1.[CH2-]CCc1ccccc1.[CH2-]CCc1ccccc1.[CH3-].[CH3-].[CH3-].[Y].[Y].[Y]. The van der Waals surface area contributed by atoms with Crippen LogP contribution in [0.2, 0.25) is 0 Å². The summed E-state index contributed by atoms with van der Waals surface area (Å²) in [7, 11) is 0. The van der Waals surface area contributed by atoms with Crippen LogP contribution >= 0.6 is 0 Å². The molecule has 0 nitrogen and oxygen atoms in total. The molecule has 0 atom stereocenters. The van der Waals surface area contributed by atoms with Gasteiger partial charge in [-0.3, -0.25) is 0 Å². The van der Waals surface area contributed by atoms with Gasteiger partial charge in [-0.05, 0) is 0 Å². The van der Waals surface area contributed by atoms with Gasteiger partial charge in [-0.1, -0.05) is 250 Å². The Morgan fingerprint density at radius 1 is 0.333 bits per heavy atom. The maximum absolute atomic E-state index is 3.78. The van der Waals surface area contributed by atoms with Gasteiger partial charge >= 0.3 is 0 Å². The van der Waals surface area contributed by atoms with Gasteiger partial charge in [0.25, 0.3) is 0 Å². The first kappa shape index (κ1) is 106. The summed E-state index contributed by atoms with van der Waals surface area (Å²) in [4.78, 5) is 0. The molecule has 3 aromatic carbocycles. The van der Waals surface area contributed by atoms with E-state index < -0.39 is 0 Å². The van der Waals surface area contributed by atoms with Crippen molar-refractivity contribution in [2.45, 2.75) is 161 Å². The summed E-state index contributed by atoms with van der Waals surface area (Å²) >= 11 is 0. The summed E-state index contributed by atoms with van der Waals surface area (Å²) in [6.07, 6.45) is 11.4. The monoisotopic (exact) mass is 968 g/mol. The minimum Gasteiger partial charge on any atom is -0.358 e. The number of unbranched alkanes of at least 4 members (excludes halogenated alkanes) is 1. The average molecular weight is 968 g/mol. The second-order valence-corrected chi connectivity index (χ2v) is 8.68. The zero-order valence-corrected chi connectivity index (χ0v) is 48.3. The van der Waals surface area contributed by atoms with E-state index in [0.717, 1.165) is 38.5 Å². The first-order valence-corrected chi connectivity index (χ1v) is 18.5. The molecule has 54 heavy (non-hydrogen) atoms. The maximum Gasteiger partial charge on any atom is 0 e. The zero-order valence-electron chi connectivity index (χ0n) is 39.8. The molecule has 12 radical (unpaired) electrons. The number of rotatable bonds is 7. The van der Waals surface area contributed by atoms with Crippen LogP contribution in [0.15, 0.2) is 91.0 Å². The van der Waals surface area contributed by atoms with Crippen molar-refractivity contribution in [2.24, 2.45) is 0 Å². The molecule has 0 heterocycles. The Bertz CT molecular complexity index is 646. The predicted molar refractivity (Wildman–Crippen MR) is 255 cm³/mol. The third-order valence-electron chi connectivity index (χ3n) is 4.42. The minimum atomic E-state index is 0. The number of hydrogen-bond acceptors (Lipinski definition) is 0. The molecule has 0 aliphatic rings. The average Bonchev–Trinajstić information content (AvgIpc) is 3.12. The van der Waals surface area contributed by atoms with Crippen molar-refractivity contribution in [2.75, 3.05) is 0 Å². The third-order valence-corrected chi connectivity index (χ3v) is 4.42. The van der Waals surface area contributed by atoms with E-state index in [1.54, 1.807) is 0 Å². The fourth-order valence-corrected chi connectivity index (χ4v) is 2.55. The molecule has 3 rings (SSSR count). The summed E-state index contributed by atoms with van der Waals surface area (Å²) in [5.41, 5.74) is 4.15. The summed E-state index contributed by atoms with van der Waals surface area (Å²) < 4.78 is 0. The second kappa shape index (κ2) is 124. The molecule has 0 fully saturated rings. The predicted octanol–water partition coefficient (Wildman–Crippen LogP) is 16.3. The van der Waals surface area contributed by atoms with Crippen LogP contribution in [-0.2, 0) is 117 Å². The van der Waals surface area contributed by atoms with E-state index in [1.807, 2.05) is 73.6 Å². The molecule has 0 unspecified atom stereocenters. The van der Waals surface area contributed by atoms with E-state index in [4.69, 9.17) is 0 Å². The van der Waals surface area contributed by atoms with Crippen LogP contribution in [0.25, 0.3) is 0 Å². The van der Waals surface area contributed by atoms with Crippen LogP contribution in [0.3, 0.4) is 0 Å². The summed E-state index contributed by atoms with van der Waals surface area (Å²) in [5.74, 6) is 0. The molecule has 308 valence electrons. The van der Waals surface area contributed by atoms with Crippen molar-refractivity contribution in [1.82, 2.24) is 0 Å². The largest absolute Gasteiger partial charge is 0.358 e. The van der Waals surface area contributed by atoms with Gasteiger partial charge in [-0.15, -0.1) is 0 Å². The van der Waals surface area contributed by atoms with Crippen LogP contribution in [0, 0.1) is 43.1 Å². The van der Waals surface area contributed by atoms with E-state index >= 15 is 0 Å². The zero-order chi connectivity index (χ0) is 36.4. The fraction of sp³-hybridized carbons (Fsp3) is 0.500. The molecule has 0 bridgehead atoms. The van der Waals surface area contributed by atoms with E-state index in [0.29, 0.717) is 0 Å². The van der Waals surface area contributed by atoms with Crippen molar-refractivity contribution in [1.29, 1.82) is 0 Å². The molecule has 0 saturated heterocycles. The van der Waals surface area contributed by atoms with Crippen molar-refractivity contribution >= 4 is 25.2 Å². The molecule has 0 N–H and O–H groups in total. The summed E-state index contributed by atoms with van der Waals surface area (Å²) in [5, 5.41) is 0. The van der Waals surface area contributed by atoms with Gasteiger partial charge in [-0.25, -0.2) is 0 Å². The fourth-order valence-electron chi connectivity index (χ4n) is 2.55. The topological polar surface area (TPSA) is 0 Å². The Balaban J connectivity index is -0.0000000221. The summed E-state index contributed by atoms with van der Waals surface area (Å²) in [6, 6.07) is 31.2. The Morgan fingerprint density at radius 2 is 0.463 bits per heavy atom. The van der Waals surface area contributed by atoms with E-state index in [1.165, 1.54) is 42.4 Å². The van der Waals surface area contributed by atoms with Crippen molar-refractivity contribution < 1.29 is 98.1 Å². The molecule has 3 aromatic rings. The van der Waals surface area contributed by atoms with Crippen LogP contribution in [0.4, 0.5) is 0 Å². The smallest absolute Gasteiger partial charge is 0 e. The van der Waals surface area contributed by atoms with Gasteiger partial charge in [0, 0.05) is 123 Å². The van der Waals surface area contributed by atoms with Gasteiger partial charge < -0.3 is 43.1 Å². The third kappa shape index (κ3) is 117. The molecule has 0 aliphatic carbocycles. The van der Waals surface area contributed by atoms with Crippen LogP contribution in [-0.4, -0.2) is 25.2 Å². The van der Waals surface area contributed by atoms with Gasteiger partial charge in [-0.2, -0.15) is 19.3 Å². The number of aryl methyl sites for hydroxylation is 3. The quantitative estimate of drug-likeness (QED) is 0.163. The Kier molecular flexibility index (Phi) is 242. The standard InChI is InChI=1S/3C9H11.C4H10.2C3H8.4C2H6.3CH3.3B.3Y/c3*1-2-6-9-7-4-3-5-8-9;1-3-4-2;2*1-3-2;4*1-2;;;;;;;;;/h3*3-5,7-8H,1-2,6H2;3-4H2,1-2H3;2*3H2,1-2H3;4*1-2H3;3*1H3;;;;;;/q3*-1;;;;;;;;3*-1;;;;;;. The summed E-state index contributed by atoms with van der Waals surface area (Å²) in [6.45, 7) is 40.2. The Labute approximate surface area is 430 Å². The first-order chi connectivity index (χ1) is 22.0. The molecular formula is C48H92B3Y3-6. The van der Waals surface area contributed by atoms with Crippen LogP contribution in [0.1, 0.15) is 159 Å². The second-order valence-electron chi connectivity index (χ2n) is 8.68. The molecule has 0 amide bonds. The van der Waals surface area contributed by atoms with Gasteiger partial charge in [0.2, 0.25) is 0 Å². The normalized spacial score (nSPS) is 6.39. The molecule has 6 heteroatoms. The maximum atomic E-state index is 3.78. The van der Waals surface area contributed by atoms with Crippen LogP contribution < -0.4 is 0 Å².